The highest BCUT2D eigenvalue weighted by Crippen LogP contribution is 2.14. The second kappa shape index (κ2) is 10.1. The van der Waals surface area contributed by atoms with Crippen molar-refractivity contribution in [2.24, 2.45) is 4.99 Å². The highest BCUT2D eigenvalue weighted by Gasteiger charge is 2.20. The van der Waals surface area contributed by atoms with Crippen LogP contribution >= 0.6 is 35.6 Å². The average Bonchev–Trinajstić information content (AvgIpc) is 3.02. The second-order valence-electron chi connectivity index (χ2n) is 6.02. The fraction of sp³-hybridized carbons (Fsp3) is 0.471. The first-order valence-electron chi connectivity index (χ1n) is 8.35. The Labute approximate surface area is 175 Å². The molecule has 0 saturated carbocycles. The van der Waals surface area contributed by atoms with E-state index < -0.39 is 0 Å². The molecule has 7 nitrogen and oxygen atoms in total. The van der Waals surface area contributed by atoms with Crippen LogP contribution < -0.4 is 5.32 Å². The van der Waals surface area contributed by atoms with Crippen LogP contribution in [-0.2, 0) is 13.1 Å². The van der Waals surface area contributed by atoms with Crippen LogP contribution in [0.25, 0.3) is 0 Å². The van der Waals surface area contributed by atoms with Gasteiger partial charge in [-0.15, -0.1) is 24.0 Å². The van der Waals surface area contributed by atoms with Crippen LogP contribution in [0.2, 0.25) is 5.02 Å². The SMILES string of the molecule is CN=C(NCc1noc(C)n1)N1CCN(Cc2cccc(Cl)c2)CC1.I. The van der Waals surface area contributed by atoms with Crippen molar-refractivity contribution in [3.05, 3.63) is 46.6 Å². The molecular weight excluding hydrogens is 467 g/mol. The smallest absolute Gasteiger partial charge is 0.223 e. The molecule has 1 fully saturated rings. The maximum absolute atomic E-state index is 6.07. The lowest BCUT2D eigenvalue weighted by Gasteiger charge is -2.36. The summed E-state index contributed by atoms with van der Waals surface area (Å²) in [5.74, 6) is 2.07. The zero-order valence-electron chi connectivity index (χ0n) is 15.0. The Morgan fingerprint density at radius 3 is 2.69 bits per heavy atom. The first-order valence-corrected chi connectivity index (χ1v) is 8.73. The van der Waals surface area contributed by atoms with Crippen LogP contribution in [0.3, 0.4) is 0 Å². The van der Waals surface area contributed by atoms with Gasteiger partial charge in [-0.1, -0.05) is 28.9 Å². The number of piperazine rings is 1. The molecule has 2 aromatic rings. The number of guanidine groups is 1. The molecule has 1 saturated heterocycles. The van der Waals surface area contributed by atoms with Crippen LogP contribution in [0, 0.1) is 6.92 Å². The first kappa shape index (κ1) is 20.9. The summed E-state index contributed by atoms with van der Waals surface area (Å²) >= 11 is 6.07. The van der Waals surface area contributed by atoms with Gasteiger partial charge in [0.2, 0.25) is 5.89 Å². The van der Waals surface area contributed by atoms with E-state index in [2.05, 4.69) is 36.3 Å². The summed E-state index contributed by atoms with van der Waals surface area (Å²) in [4.78, 5) is 13.2. The Morgan fingerprint density at radius 1 is 1.31 bits per heavy atom. The number of halogens is 2. The monoisotopic (exact) mass is 490 g/mol. The summed E-state index contributed by atoms with van der Waals surface area (Å²) in [6.07, 6.45) is 0. The third-order valence-corrected chi connectivity index (χ3v) is 4.39. The van der Waals surface area contributed by atoms with E-state index in [1.165, 1.54) is 5.56 Å². The molecule has 0 amide bonds. The molecule has 1 aromatic carbocycles. The van der Waals surface area contributed by atoms with Gasteiger partial charge in [0.15, 0.2) is 11.8 Å². The van der Waals surface area contributed by atoms with E-state index in [9.17, 15) is 0 Å². The van der Waals surface area contributed by atoms with Crippen LogP contribution in [0.1, 0.15) is 17.3 Å². The van der Waals surface area contributed by atoms with Crippen molar-refractivity contribution in [1.29, 1.82) is 0 Å². The Hall–Kier alpha value is -1.39. The fourth-order valence-electron chi connectivity index (χ4n) is 2.91. The highest BCUT2D eigenvalue weighted by molar-refractivity contribution is 14.0. The predicted octanol–water partition coefficient (Wildman–Crippen LogP) is 2.54. The van der Waals surface area contributed by atoms with Crippen molar-refractivity contribution in [3.8, 4) is 0 Å². The highest BCUT2D eigenvalue weighted by atomic mass is 127. The van der Waals surface area contributed by atoms with Crippen molar-refractivity contribution >= 4 is 41.5 Å². The van der Waals surface area contributed by atoms with E-state index in [1.807, 2.05) is 18.2 Å². The van der Waals surface area contributed by atoms with E-state index in [0.29, 0.717) is 18.3 Å². The molecule has 26 heavy (non-hydrogen) atoms. The van der Waals surface area contributed by atoms with Crippen molar-refractivity contribution in [2.75, 3.05) is 33.2 Å². The van der Waals surface area contributed by atoms with Gasteiger partial charge in [-0.3, -0.25) is 9.89 Å². The van der Waals surface area contributed by atoms with Crippen LogP contribution in [-0.4, -0.2) is 59.1 Å². The largest absolute Gasteiger partial charge is 0.349 e. The third-order valence-electron chi connectivity index (χ3n) is 4.15. The maximum atomic E-state index is 6.07. The van der Waals surface area contributed by atoms with Crippen molar-refractivity contribution < 1.29 is 4.52 Å². The van der Waals surface area contributed by atoms with E-state index in [0.717, 1.165) is 43.7 Å². The maximum Gasteiger partial charge on any atom is 0.223 e. The number of benzene rings is 1. The van der Waals surface area contributed by atoms with Gasteiger partial charge in [0.1, 0.15) is 0 Å². The summed E-state index contributed by atoms with van der Waals surface area (Å²) in [6.45, 7) is 7.01. The molecule has 3 rings (SSSR count). The summed E-state index contributed by atoms with van der Waals surface area (Å²) in [5.41, 5.74) is 1.25. The number of hydrogen-bond acceptors (Lipinski definition) is 5. The number of rotatable bonds is 4. The Bertz CT molecular complexity index is 730. The zero-order chi connectivity index (χ0) is 17.6. The van der Waals surface area contributed by atoms with Gasteiger partial charge in [0.05, 0.1) is 6.54 Å². The topological polar surface area (TPSA) is 69.8 Å². The summed E-state index contributed by atoms with van der Waals surface area (Å²) < 4.78 is 4.98. The van der Waals surface area contributed by atoms with Crippen LogP contribution in [0.4, 0.5) is 0 Å². The normalized spacial score (nSPS) is 15.7. The second-order valence-corrected chi connectivity index (χ2v) is 6.46. The van der Waals surface area contributed by atoms with Gasteiger partial charge in [0.25, 0.3) is 0 Å². The number of aliphatic imine (C=N–C) groups is 1. The molecule has 142 valence electrons. The molecule has 1 N–H and O–H groups in total. The molecule has 0 spiro atoms. The Balaban J connectivity index is 0.00000243. The predicted molar refractivity (Wildman–Crippen MR) is 113 cm³/mol. The van der Waals surface area contributed by atoms with Gasteiger partial charge < -0.3 is 14.7 Å². The lowest BCUT2D eigenvalue weighted by molar-refractivity contribution is 0.172. The molecule has 0 unspecified atom stereocenters. The van der Waals surface area contributed by atoms with Gasteiger partial charge in [0, 0.05) is 51.7 Å². The number of nitrogens with zero attached hydrogens (tertiary/aromatic N) is 5. The number of aryl methyl sites for hydroxylation is 1. The van der Waals surface area contributed by atoms with Crippen molar-refractivity contribution in [1.82, 2.24) is 25.3 Å². The molecule has 0 aliphatic carbocycles. The van der Waals surface area contributed by atoms with E-state index >= 15 is 0 Å². The lowest BCUT2D eigenvalue weighted by atomic mass is 10.2. The zero-order valence-corrected chi connectivity index (χ0v) is 18.1. The molecule has 1 aliphatic rings. The minimum atomic E-state index is 0. The Morgan fingerprint density at radius 2 is 2.08 bits per heavy atom. The molecule has 2 heterocycles. The summed E-state index contributed by atoms with van der Waals surface area (Å²) in [6, 6.07) is 8.05. The first-order chi connectivity index (χ1) is 12.1. The molecule has 1 aromatic heterocycles. The van der Waals surface area contributed by atoms with Gasteiger partial charge in [-0.25, -0.2) is 0 Å². The fourth-order valence-corrected chi connectivity index (χ4v) is 3.13. The van der Waals surface area contributed by atoms with Gasteiger partial charge in [-0.05, 0) is 17.7 Å². The van der Waals surface area contributed by atoms with E-state index in [-0.39, 0.29) is 24.0 Å². The van der Waals surface area contributed by atoms with E-state index in [1.54, 1.807) is 14.0 Å². The Kier molecular flexibility index (Phi) is 8.11. The standard InChI is InChI=1S/C17H23ClN6O.HI/c1-13-21-16(22-25-13)11-20-17(19-2)24-8-6-23(7-9-24)12-14-4-3-5-15(18)10-14;/h3-5,10H,6-9,11-12H2,1-2H3,(H,19,20);1H. The number of aromatic nitrogens is 2. The van der Waals surface area contributed by atoms with Crippen molar-refractivity contribution in [3.63, 3.8) is 0 Å². The minimum absolute atomic E-state index is 0. The summed E-state index contributed by atoms with van der Waals surface area (Å²) in [7, 11) is 1.79. The quantitative estimate of drug-likeness (QED) is 0.404. The van der Waals surface area contributed by atoms with Crippen LogP contribution in [0.5, 0.6) is 0 Å². The number of hydrogen-bond donors (Lipinski definition) is 1. The molecule has 0 atom stereocenters. The molecular formula is C17H24ClIN6O. The van der Waals surface area contributed by atoms with Gasteiger partial charge in [-0.2, -0.15) is 4.98 Å². The molecule has 0 bridgehead atoms. The number of nitrogens with one attached hydrogen (secondary N) is 1. The molecule has 9 heteroatoms. The summed E-state index contributed by atoms with van der Waals surface area (Å²) in [5, 5.41) is 7.98. The average molecular weight is 491 g/mol. The van der Waals surface area contributed by atoms with Crippen LogP contribution in [0.15, 0.2) is 33.8 Å². The van der Waals surface area contributed by atoms with Gasteiger partial charge >= 0.3 is 0 Å². The third kappa shape index (κ3) is 5.82. The van der Waals surface area contributed by atoms with E-state index in [4.69, 9.17) is 16.1 Å². The molecule has 0 radical (unpaired) electrons. The molecule has 1 aliphatic heterocycles. The lowest BCUT2D eigenvalue weighted by Crippen LogP contribution is -2.52. The minimum Gasteiger partial charge on any atom is -0.349 e. The van der Waals surface area contributed by atoms with Crippen molar-refractivity contribution in [2.45, 2.75) is 20.0 Å².